The average Bonchev–Trinajstić information content (AvgIpc) is 3.00. The maximum atomic E-state index is 5.61. The number of anilines is 2. The number of furan rings is 1. The topological polar surface area (TPSA) is 48.6 Å². The summed E-state index contributed by atoms with van der Waals surface area (Å²) in [6.07, 6.45) is 4.08. The Bertz CT molecular complexity index is 667. The predicted molar refractivity (Wildman–Crippen MR) is 99.5 cm³/mol. The summed E-state index contributed by atoms with van der Waals surface area (Å²) in [5.74, 6) is 2.75. The Labute approximate surface area is 151 Å². The van der Waals surface area contributed by atoms with Crippen molar-refractivity contribution in [2.75, 3.05) is 44.0 Å². The van der Waals surface area contributed by atoms with Crippen molar-refractivity contribution in [2.24, 2.45) is 0 Å². The normalized spacial score (nSPS) is 16.3. The Morgan fingerprint density at radius 1 is 1.21 bits per heavy atom. The average molecular weight is 394 g/mol. The van der Waals surface area contributed by atoms with Crippen LogP contribution in [0.2, 0.25) is 0 Å². The van der Waals surface area contributed by atoms with Crippen LogP contribution in [0.3, 0.4) is 0 Å². The first-order valence-corrected chi connectivity index (χ1v) is 9.02. The molecule has 0 bridgehead atoms. The number of halogens is 1. The van der Waals surface area contributed by atoms with Gasteiger partial charge in [-0.3, -0.25) is 4.90 Å². The van der Waals surface area contributed by atoms with E-state index in [2.05, 4.69) is 42.7 Å². The molecule has 0 spiro atoms. The highest BCUT2D eigenvalue weighted by Gasteiger charge is 2.24. The van der Waals surface area contributed by atoms with E-state index in [1.807, 2.05) is 43.4 Å². The highest BCUT2D eigenvalue weighted by molar-refractivity contribution is 9.10. The predicted octanol–water partition coefficient (Wildman–Crippen LogP) is 3.00. The standard InChI is InChI=1S/C17H24BrN5O/c1-21(2)17-19-9-6-16(20-17)22(3)13-7-10-23(11-8-13)12-14-4-5-15(18)24-14/h4-6,9,13H,7-8,10-12H2,1-3H3. The van der Waals surface area contributed by atoms with Gasteiger partial charge in [-0.1, -0.05) is 0 Å². The molecule has 1 fully saturated rings. The number of rotatable bonds is 5. The monoisotopic (exact) mass is 393 g/mol. The molecule has 0 radical (unpaired) electrons. The number of hydrogen-bond donors (Lipinski definition) is 0. The van der Waals surface area contributed by atoms with E-state index < -0.39 is 0 Å². The third-order valence-corrected chi connectivity index (χ3v) is 4.93. The quantitative estimate of drug-likeness (QED) is 0.777. The fraction of sp³-hybridized carbons (Fsp3) is 0.529. The van der Waals surface area contributed by atoms with Crippen LogP contribution in [-0.2, 0) is 6.54 Å². The second-order valence-electron chi connectivity index (χ2n) is 6.43. The number of nitrogens with zero attached hydrogens (tertiary/aromatic N) is 5. The van der Waals surface area contributed by atoms with E-state index in [1.165, 1.54) is 0 Å². The SMILES string of the molecule is CN(C)c1nccc(N(C)C2CCN(Cc3ccc(Br)o3)CC2)n1. The Balaban J connectivity index is 1.56. The van der Waals surface area contributed by atoms with Gasteiger partial charge >= 0.3 is 0 Å². The summed E-state index contributed by atoms with van der Waals surface area (Å²) in [6.45, 7) is 3.01. The van der Waals surface area contributed by atoms with Gasteiger partial charge < -0.3 is 14.2 Å². The molecule has 6 nitrogen and oxygen atoms in total. The second kappa shape index (κ2) is 7.53. The van der Waals surface area contributed by atoms with Gasteiger partial charge in [0, 0.05) is 46.5 Å². The van der Waals surface area contributed by atoms with Crippen LogP contribution in [0.25, 0.3) is 0 Å². The Morgan fingerprint density at radius 2 is 1.96 bits per heavy atom. The molecule has 130 valence electrons. The van der Waals surface area contributed by atoms with Crippen LogP contribution >= 0.6 is 15.9 Å². The zero-order valence-corrected chi connectivity index (χ0v) is 16.0. The largest absolute Gasteiger partial charge is 0.453 e. The lowest BCUT2D eigenvalue weighted by atomic mass is 10.0. The number of likely N-dealkylation sites (tertiary alicyclic amines) is 1. The Hall–Kier alpha value is -1.60. The number of hydrogen-bond acceptors (Lipinski definition) is 6. The van der Waals surface area contributed by atoms with E-state index in [9.17, 15) is 0 Å². The van der Waals surface area contributed by atoms with E-state index in [0.717, 1.165) is 54.7 Å². The van der Waals surface area contributed by atoms with Crippen molar-refractivity contribution in [1.29, 1.82) is 0 Å². The van der Waals surface area contributed by atoms with Crippen LogP contribution in [0.1, 0.15) is 18.6 Å². The van der Waals surface area contributed by atoms with Gasteiger partial charge in [0.2, 0.25) is 5.95 Å². The molecule has 3 rings (SSSR count). The molecule has 0 unspecified atom stereocenters. The summed E-state index contributed by atoms with van der Waals surface area (Å²) in [4.78, 5) is 15.6. The van der Waals surface area contributed by atoms with E-state index in [1.54, 1.807) is 0 Å². The Kier molecular flexibility index (Phi) is 5.40. The summed E-state index contributed by atoms with van der Waals surface area (Å²) in [5.41, 5.74) is 0. The van der Waals surface area contributed by atoms with Crippen LogP contribution in [0, 0.1) is 0 Å². The summed E-state index contributed by atoms with van der Waals surface area (Å²) >= 11 is 3.36. The second-order valence-corrected chi connectivity index (χ2v) is 7.21. The molecule has 7 heteroatoms. The minimum atomic E-state index is 0.509. The van der Waals surface area contributed by atoms with Crippen LogP contribution in [0.5, 0.6) is 0 Å². The van der Waals surface area contributed by atoms with Gasteiger partial charge in [0.25, 0.3) is 0 Å². The first kappa shape index (κ1) is 17.2. The van der Waals surface area contributed by atoms with E-state index in [-0.39, 0.29) is 0 Å². The highest BCUT2D eigenvalue weighted by Crippen LogP contribution is 2.23. The summed E-state index contributed by atoms with van der Waals surface area (Å²) in [5, 5.41) is 0. The fourth-order valence-electron chi connectivity index (χ4n) is 3.06. The van der Waals surface area contributed by atoms with Crippen molar-refractivity contribution in [2.45, 2.75) is 25.4 Å². The van der Waals surface area contributed by atoms with Crippen LogP contribution in [0.15, 0.2) is 33.5 Å². The maximum absolute atomic E-state index is 5.61. The van der Waals surface area contributed by atoms with Gasteiger partial charge in [-0.2, -0.15) is 4.98 Å². The van der Waals surface area contributed by atoms with Crippen LogP contribution < -0.4 is 9.80 Å². The third kappa shape index (κ3) is 4.08. The van der Waals surface area contributed by atoms with Crippen molar-refractivity contribution < 1.29 is 4.42 Å². The first-order valence-electron chi connectivity index (χ1n) is 8.22. The molecule has 3 heterocycles. The van der Waals surface area contributed by atoms with Crippen LogP contribution in [0.4, 0.5) is 11.8 Å². The van der Waals surface area contributed by atoms with Gasteiger partial charge in [-0.05, 0) is 47.0 Å². The first-order chi connectivity index (χ1) is 11.5. The molecular formula is C17H24BrN5O. The minimum Gasteiger partial charge on any atom is -0.453 e. The molecule has 2 aromatic rings. The maximum Gasteiger partial charge on any atom is 0.226 e. The summed E-state index contributed by atoms with van der Waals surface area (Å²) in [7, 11) is 6.06. The third-order valence-electron chi connectivity index (χ3n) is 4.50. The molecular weight excluding hydrogens is 370 g/mol. The molecule has 1 saturated heterocycles. The minimum absolute atomic E-state index is 0.509. The number of piperidine rings is 1. The van der Waals surface area contributed by atoms with Crippen molar-refractivity contribution in [3.63, 3.8) is 0 Å². The lowest BCUT2D eigenvalue weighted by Crippen LogP contribution is -2.43. The molecule has 0 amide bonds. The summed E-state index contributed by atoms with van der Waals surface area (Å²) in [6, 6.07) is 6.48. The zero-order chi connectivity index (χ0) is 17.1. The smallest absolute Gasteiger partial charge is 0.226 e. The van der Waals surface area contributed by atoms with E-state index in [4.69, 9.17) is 4.42 Å². The molecule has 2 aromatic heterocycles. The molecule has 0 N–H and O–H groups in total. The van der Waals surface area contributed by atoms with Gasteiger partial charge in [-0.15, -0.1) is 0 Å². The molecule has 1 aliphatic rings. The van der Waals surface area contributed by atoms with Gasteiger partial charge in [-0.25, -0.2) is 4.98 Å². The van der Waals surface area contributed by atoms with Crippen LogP contribution in [-0.4, -0.2) is 55.1 Å². The van der Waals surface area contributed by atoms with Crippen molar-refractivity contribution in [3.05, 3.63) is 34.8 Å². The van der Waals surface area contributed by atoms with Crippen molar-refractivity contribution in [3.8, 4) is 0 Å². The highest BCUT2D eigenvalue weighted by atomic mass is 79.9. The number of aromatic nitrogens is 2. The molecule has 0 atom stereocenters. The van der Waals surface area contributed by atoms with Gasteiger partial charge in [0.1, 0.15) is 11.6 Å². The fourth-order valence-corrected chi connectivity index (χ4v) is 3.40. The lowest BCUT2D eigenvalue weighted by molar-refractivity contribution is 0.189. The van der Waals surface area contributed by atoms with Crippen molar-refractivity contribution >= 4 is 27.7 Å². The van der Waals surface area contributed by atoms with Gasteiger partial charge in [0.15, 0.2) is 4.67 Å². The van der Waals surface area contributed by atoms with Gasteiger partial charge in [0.05, 0.1) is 6.54 Å². The van der Waals surface area contributed by atoms with Crippen molar-refractivity contribution in [1.82, 2.24) is 14.9 Å². The Morgan fingerprint density at radius 3 is 2.58 bits per heavy atom. The lowest BCUT2D eigenvalue weighted by Gasteiger charge is -2.37. The van der Waals surface area contributed by atoms with E-state index in [0.29, 0.717) is 6.04 Å². The molecule has 0 saturated carbocycles. The molecule has 0 aliphatic carbocycles. The zero-order valence-electron chi connectivity index (χ0n) is 14.4. The molecule has 0 aromatic carbocycles. The molecule has 1 aliphatic heterocycles. The van der Waals surface area contributed by atoms with E-state index >= 15 is 0 Å². The summed E-state index contributed by atoms with van der Waals surface area (Å²) < 4.78 is 6.41. The molecule has 24 heavy (non-hydrogen) atoms.